The third-order valence-corrected chi connectivity index (χ3v) is 2.77. The van der Waals surface area contributed by atoms with E-state index in [9.17, 15) is 9.65 Å². The van der Waals surface area contributed by atoms with Gasteiger partial charge < -0.3 is 0 Å². The number of para-hydroxylation sites is 1. The lowest BCUT2D eigenvalue weighted by Crippen LogP contribution is -2.01. The monoisotopic (exact) mass is 237 g/mol. The molecule has 0 saturated heterocycles. The summed E-state index contributed by atoms with van der Waals surface area (Å²) in [6, 6.07) is 15.6. The first-order chi connectivity index (χ1) is 8.81. The molecule has 18 heavy (non-hydrogen) atoms. The Balaban J connectivity index is 2.37. The van der Waals surface area contributed by atoms with Crippen LogP contribution in [0.2, 0.25) is 0 Å². The summed E-state index contributed by atoms with van der Waals surface area (Å²) in [5, 5.41) is 14.2. The maximum absolute atomic E-state index is 13.7. The van der Waals surface area contributed by atoms with Crippen molar-refractivity contribution in [1.29, 1.82) is 5.26 Å². The molecule has 1 aromatic heterocycles. The van der Waals surface area contributed by atoms with E-state index in [0.29, 0.717) is 11.2 Å². The zero-order chi connectivity index (χ0) is 12.5. The minimum absolute atomic E-state index is 0.283. The Labute approximate surface area is 103 Å². The summed E-state index contributed by atoms with van der Waals surface area (Å²) in [6.45, 7) is 0. The van der Waals surface area contributed by atoms with Crippen LogP contribution in [-0.4, -0.2) is 9.78 Å². The molecule has 0 fully saturated rings. The predicted molar refractivity (Wildman–Crippen MR) is 65.7 cm³/mol. The van der Waals surface area contributed by atoms with Gasteiger partial charge in [0.2, 0.25) is 0 Å². The van der Waals surface area contributed by atoms with Crippen molar-refractivity contribution >= 4 is 10.9 Å². The van der Waals surface area contributed by atoms with E-state index in [1.165, 1.54) is 10.7 Å². The van der Waals surface area contributed by atoms with Gasteiger partial charge in [-0.2, -0.15) is 10.4 Å². The van der Waals surface area contributed by atoms with Crippen molar-refractivity contribution < 1.29 is 4.39 Å². The van der Waals surface area contributed by atoms with Gasteiger partial charge in [-0.3, -0.25) is 0 Å². The van der Waals surface area contributed by atoms with E-state index >= 15 is 0 Å². The number of nitrogens with zero attached hydrogens (tertiary/aromatic N) is 3. The van der Waals surface area contributed by atoms with Gasteiger partial charge in [0.15, 0.2) is 5.69 Å². The van der Waals surface area contributed by atoms with Crippen molar-refractivity contribution in [1.82, 2.24) is 9.78 Å². The summed E-state index contributed by atoms with van der Waals surface area (Å²) >= 11 is 0. The number of hydrogen-bond donors (Lipinski definition) is 0. The first-order valence-electron chi connectivity index (χ1n) is 5.44. The van der Waals surface area contributed by atoms with Crippen molar-refractivity contribution in [3.63, 3.8) is 0 Å². The van der Waals surface area contributed by atoms with Crippen molar-refractivity contribution in [2.75, 3.05) is 0 Å². The Morgan fingerprint density at radius 2 is 1.78 bits per heavy atom. The zero-order valence-electron chi connectivity index (χ0n) is 9.34. The molecule has 0 unspecified atom stereocenters. The van der Waals surface area contributed by atoms with Gasteiger partial charge >= 0.3 is 0 Å². The Hall–Kier alpha value is -2.67. The van der Waals surface area contributed by atoms with Crippen molar-refractivity contribution in [3.8, 4) is 11.8 Å². The molecular formula is C14H8FN3. The number of rotatable bonds is 1. The molecule has 0 radical (unpaired) electrons. The summed E-state index contributed by atoms with van der Waals surface area (Å²) in [5.41, 5.74) is 1.30. The molecule has 3 nitrogen and oxygen atoms in total. The number of fused-ring (bicyclic) bond motifs is 1. The second-order valence-electron chi connectivity index (χ2n) is 3.84. The minimum Gasteiger partial charge on any atom is -0.219 e. The first-order valence-corrected chi connectivity index (χ1v) is 5.44. The number of aromatic nitrogens is 2. The van der Waals surface area contributed by atoms with Gasteiger partial charge in [-0.15, -0.1) is 0 Å². The molecule has 0 spiro atoms. The van der Waals surface area contributed by atoms with Gasteiger partial charge in [0.1, 0.15) is 17.6 Å². The largest absolute Gasteiger partial charge is 0.219 e. The average molecular weight is 237 g/mol. The summed E-state index contributed by atoms with van der Waals surface area (Å²) in [7, 11) is 0. The molecule has 0 aliphatic heterocycles. The molecule has 0 aliphatic carbocycles. The molecule has 0 bridgehead atoms. The molecular weight excluding hydrogens is 229 g/mol. The first kappa shape index (κ1) is 10.5. The van der Waals surface area contributed by atoms with E-state index in [4.69, 9.17) is 0 Å². The highest BCUT2D eigenvalue weighted by molar-refractivity contribution is 5.84. The van der Waals surface area contributed by atoms with Gasteiger partial charge in [0, 0.05) is 5.39 Å². The molecule has 86 valence electrons. The molecule has 0 saturated carbocycles. The predicted octanol–water partition coefficient (Wildman–Crippen LogP) is 3.04. The smallest absolute Gasteiger partial charge is 0.152 e. The Morgan fingerprint density at radius 3 is 2.56 bits per heavy atom. The Bertz CT molecular complexity index is 768. The summed E-state index contributed by atoms with van der Waals surface area (Å²) < 4.78 is 15.1. The molecule has 4 heteroatoms. The van der Waals surface area contributed by atoms with E-state index in [1.54, 1.807) is 30.3 Å². The Kier molecular flexibility index (Phi) is 2.31. The van der Waals surface area contributed by atoms with Crippen LogP contribution < -0.4 is 0 Å². The van der Waals surface area contributed by atoms with Crippen LogP contribution in [0, 0.1) is 17.1 Å². The lowest BCUT2D eigenvalue weighted by atomic mass is 10.2. The lowest BCUT2D eigenvalue weighted by Gasteiger charge is -2.03. The number of nitriles is 1. The highest BCUT2D eigenvalue weighted by atomic mass is 19.1. The molecule has 3 aromatic rings. The molecule has 0 atom stereocenters. The van der Waals surface area contributed by atoms with Gasteiger partial charge in [-0.25, -0.2) is 9.07 Å². The van der Waals surface area contributed by atoms with Crippen LogP contribution in [0.15, 0.2) is 48.5 Å². The normalized spacial score (nSPS) is 10.4. The number of halogens is 1. The maximum Gasteiger partial charge on any atom is 0.152 e. The van der Waals surface area contributed by atoms with Crippen LogP contribution in [0.3, 0.4) is 0 Å². The fourth-order valence-electron chi connectivity index (χ4n) is 1.94. The van der Waals surface area contributed by atoms with E-state index < -0.39 is 5.82 Å². The highest BCUT2D eigenvalue weighted by Crippen LogP contribution is 2.22. The van der Waals surface area contributed by atoms with E-state index in [0.717, 1.165) is 5.39 Å². The van der Waals surface area contributed by atoms with Crippen LogP contribution in [0.5, 0.6) is 0 Å². The fourth-order valence-corrected chi connectivity index (χ4v) is 1.94. The highest BCUT2D eigenvalue weighted by Gasteiger charge is 2.13. The molecule has 1 heterocycles. The van der Waals surface area contributed by atoms with Crippen LogP contribution in [0.1, 0.15) is 5.69 Å². The number of benzene rings is 2. The van der Waals surface area contributed by atoms with Crippen LogP contribution >= 0.6 is 0 Å². The van der Waals surface area contributed by atoms with E-state index in [2.05, 4.69) is 11.2 Å². The van der Waals surface area contributed by atoms with E-state index in [1.807, 2.05) is 12.1 Å². The van der Waals surface area contributed by atoms with Gasteiger partial charge in [0.05, 0.1) is 5.52 Å². The second-order valence-corrected chi connectivity index (χ2v) is 3.84. The van der Waals surface area contributed by atoms with Crippen LogP contribution in [0.4, 0.5) is 4.39 Å². The third kappa shape index (κ3) is 1.45. The van der Waals surface area contributed by atoms with Crippen LogP contribution in [-0.2, 0) is 0 Å². The lowest BCUT2D eigenvalue weighted by molar-refractivity contribution is 0.611. The van der Waals surface area contributed by atoms with Crippen molar-refractivity contribution in [2.45, 2.75) is 0 Å². The fraction of sp³-hybridized carbons (Fsp3) is 0. The second kappa shape index (κ2) is 3.97. The summed E-state index contributed by atoms with van der Waals surface area (Å²) in [6.07, 6.45) is 0. The standard InChI is InChI=1S/C14H8FN3/c15-11-6-2-4-8-13(11)18-14(9-16)10-5-1-3-7-12(10)17-18/h1-8H. The summed E-state index contributed by atoms with van der Waals surface area (Å²) in [5.74, 6) is -0.401. The third-order valence-electron chi connectivity index (χ3n) is 2.77. The van der Waals surface area contributed by atoms with Gasteiger partial charge in [-0.1, -0.05) is 24.3 Å². The van der Waals surface area contributed by atoms with Crippen LogP contribution in [0.25, 0.3) is 16.6 Å². The van der Waals surface area contributed by atoms with Crippen molar-refractivity contribution in [3.05, 3.63) is 60.0 Å². The van der Waals surface area contributed by atoms with E-state index in [-0.39, 0.29) is 5.69 Å². The quantitative estimate of drug-likeness (QED) is 0.652. The SMILES string of the molecule is N#Cc1c2ccccc2nn1-c1ccccc1F. The Morgan fingerprint density at radius 1 is 1.06 bits per heavy atom. The molecule has 2 aromatic carbocycles. The topological polar surface area (TPSA) is 41.6 Å². The molecule has 0 amide bonds. The number of hydrogen-bond acceptors (Lipinski definition) is 2. The molecule has 3 rings (SSSR count). The minimum atomic E-state index is -0.401. The zero-order valence-corrected chi connectivity index (χ0v) is 9.34. The average Bonchev–Trinajstić information content (AvgIpc) is 2.77. The van der Waals surface area contributed by atoms with Gasteiger partial charge in [-0.05, 0) is 24.3 Å². The van der Waals surface area contributed by atoms with Gasteiger partial charge in [0.25, 0.3) is 0 Å². The van der Waals surface area contributed by atoms with Crippen molar-refractivity contribution in [2.24, 2.45) is 0 Å². The molecule has 0 N–H and O–H groups in total. The maximum atomic E-state index is 13.7. The molecule has 0 aliphatic rings. The summed E-state index contributed by atoms with van der Waals surface area (Å²) in [4.78, 5) is 0.